The van der Waals surface area contributed by atoms with Crippen molar-refractivity contribution in [1.82, 2.24) is 0 Å². The lowest BCUT2D eigenvalue weighted by Crippen LogP contribution is -2.33. The third-order valence-electron chi connectivity index (χ3n) is 2.76. The SMILES string of the molecule is CC1(C)OC[C@H](C(C#N)OS(=O)(=O)c2ccccc2)O1. The quantitative estimate of drug-likeness (QED) is 0.782. The zero-order valence-corrected chi connectivity index (χ0v) is 12.0. The number of ether oxygens (including phenoxy) is 2. The first-order valence-electron chi connectivity index (χ1n) is 6.04. The molecule has 0 N–H and O–H groups in total. The number of hydrogen-bond acceptors (Lipinski definition) is 6. The van der Waals surface area contributed by atoms with Gasteiger partial charge in [0, 0.05) is 0 Å². The average Bonchev–Trinajstić information content (AvgIpc) is 2.77. The fourth-order valence-electron chi connectivity index (χ4n) is 1.81. The van der Waals surface area contributed by atoms with Gasteiger partial charge < -0.3 is 9.47 Å². The monoisotopic (exact) mass is 297 g/mol. The van der Waals surface area contributed by atoms with E-state index in [1.54, 1.807) is 38.1 Å². The summed E-state index contributed by atoms with van der Waals surface area (Å²) in [5.74, 6) is -0.848. The molecule has 1 aliphatic heterocycles. The average molecular weight is 297 g/mol. The molecule has 20 heavy (non-hydrogen) atoms. The van der Waals surface area contributed by atoms with Crippen molar-refractivity contribution >= 4 is 10.1 Å². The minimum Gasteiger partial charge on any atom is -0.348 e. The molecule has 1 aromatic rings. The second-order valence-electron chi connectivity index (χ2n) is 4.78. The van der Waals surface area contributed by atoms with Crippen LogP contribution in [0.15, 0.2) is 35.2 Å². The van der Waals surface area contributed by atoms with E-state index in [0.717, 1.165) is 0 Å². The van der Waals surface area contributed by atoms with E-state index in [2.05, 4.69) is 0 Å². The molecule has 0 bridgehead atoms. The van der Waals surface area contributed by atoms with Crippen molar-refractivity contribution in [3.8, 4) is 6.07 Å². The summed E-state index contributed by atoms with van der Waals surface area (Å²) in [6.07, 6.45) is -1.99. The predicted molar refractivity (Wildman–Crippen MR) is 69.0 cm³/mol. The lowest BCUT2D eigenvalue weighted by atomic mass is 10.2. The molecule has 108 valence electrons. The molecule has 1 fully saturated rings. The maximum Gasteiger partial charge on any atom is 0.298 e. The van der Waals surface area contributed by atoms with Crippen LogP contribution in [0.3, 0.4) is 0 Å². The van der Waals surface area contributed by atoms with Crippen molar-refractivity contribution in [1.29, 1.82) is 5.26 Å². The van der Waals surface area contributed by atoms with Crippen LogP contribution in [-0.4, -0.2) is 33.0 Å². The van der Waals surface area contributed by atoms with Gasteiger partial charge in [0.1, 0.15) is 6.10 Å². The summed E-state index contributed by atoms with van der Waals surface area (Å²) in [4.78, 5) is -0.00146. The third kappa shape index (κ3) is 3.35. The summed E-state index contributed by atoms with van der Waals surface area (Å²) in [7, 11) is -4.00. The van der Waals surface area contributed by atoms with Gasteiger partial charge in [0.05, 0.1) is 17.6 Å². The van der Waals surface area contributed by atoms with Gasteiger partial charge in [-0.2, -0.15) is 13.7 Å². The smallest absolute Gasteiger partial charge is 0.298 e. The van der Waals surface area contributed by atoms with E-state index in [0.29, 0.717) is 0 Å². The molecule has 1 unspecified atom stereocenters. The Morgan fingerprint density at radius 1 is 1.40 bits per heavy atom. The van der Waals surface area contributed by atoms with Gasteiger partial charge in [0.2, 0.25) is 0 Å². The summed E-state index contributed by atoms with van der Waals surface area (Å²) in [5.41, 5.74) is 0. The number of nitrogens with zero attached hydrogens (tertiary/aromatic N) is 1. The molecule has 1 aromatic carbocycles. The van der Waals surface area contributed by atoms with E-state index in [4.69, 9.17) is 18.9 Å². The highest BCUT2D eigenvalue weighted by Gasteiger charge is 2.40. The molecular formula is C13H15NO5S. The molecule has 0 aromatic heterocycles. The summed E-state index contributed by atoms with van der Waals surface area (Å²) in [6, 6.07) is 9.46. The van der Waals surface area contributed by atoms with Gasteiger partial charge >= 0.3 is 0 Å². The van der Waals surface area contributed by atoms with E-state index < -0.39 is 28.1 Å². The van der Waals surface area contributed by atoms with Crippen LogP contribution in [0.5, 0.6) is 0 Å². The molecule has 2 atom stereocenters. The predicted octanol–water partition coefficient (Wildman–Crippen LogP) is 1.44. The molecule has 0 spiro atoms. The van der Waals surface area contributed by atoms with Crippen LogP contribution in [0.4, 0.5) is 0 Å². The van der Waals surface area contributed by atoms with Crippen LogP contribution in [0, 0.1) is 11.3 Å². The highest BCUT2D eigenvalue weighted by atomic mass is 32.2. The summed E-state index contributed by atoms with van der Waals surface area (Å²) >= 11 is 0. The maximum absolute atomic E-state index is 12.0. The van der Waals surface area contributed by atoms with E-state index in [1.165, 1.54) is 12.1 Å². The van der Waals surface area contributed by atoms with Gasteiger partial charge in [0.25, 0.3) is 10.1 Å². The fraction of sp³-hybridized carbons (Fsp3) is 0.462. The Morgan fingerprint density at radius 3 is 2.55 bits per heavy atom. The molecular weight excluding hydrogens is 282 g/mol. The highest BCUT2D eigenvalue weighted by molar-refractivity contribution is 7.86. The third-order valence-corrected chi connectivity index (χ3v) is 4.07. The van der Waals surface area contributed by atoms with Crippen LogP contribution in [0.2, 0.25) is 0 Å². The minimum atomic E-state index is -4.00. The molecule has 1 heterocycles. The van der Waals surface area contributed by atoms with Crippen LogP contribution in [0.1, 0.15) is 13.8 Å². The molecule has 1 saturated heterocycles. The van der Waals surface area contributed by atoms with Crippen molar-refractivity contribution in [2.75, 3.05) is 6.61 Å². The molecule has 0 radical (unpaired) electrons. The minimum absolute atomic E-state index is 0.00146. The van der Waals surface area contributed by atoms with E-state index >= 15 is 0 Å². The molecule has 0 aliphatic carbocycles. The number of rotatable bonds is 4. The summed E-state index contributed by atoms with van der Waals surface area (Å²) in [5, 5.41) is 9.09. The second kappa shape index (κ2) is 5.50. The van der Waals surface area contributed by atoms with E-state index in [1.807, 2.05) is 0 Å². The Balaban J connectivity index is 2.14. The lowest BCUT2D eigenvalue weighted by Gasteiger charge is -2.19. The number of benzene rings is 1. The fourth-order valence-corrected chi connectivity index (χ4v) is 2.85. The normalized spacial score (nSPS) is 23.1. The first-order chi connectivity index (χ1) is 9.34. The maximum atomic E-state index is 12.0. The van der Waals surface area contributed by atoms with Gasteiger partial charge in [-0.3, -0.25) is 0 Å². The zero-order valence-electron chi connectivity index (χ0n) is 11.1. The summed E-state index contributed by atoms with van der Waals surface area (Å²) < 4.78 is 39.8. The van der Waals surface area contributed by atoms with Crippen molar-refractivity contribution in [2.24, 2.45) is 0 Å². The van der Waals surface area contributed by atoms with Gasteiger partial charge in [-0.1, -0.05) is 18.2 Å². The van der Waals surface area contributed by atoms with Crippen molar-refractivity contribution < 1.29 is 22.1 Å². The van der Waals surface area contributed by atoms with Gasteiger partial charge in [-0.15, -0.1) is 0 Å². The molecule has 0 saturated carbocycles. The van der Waals surface area contributed by atoms with Crippen LogP contribution >= 0.6 is 0 Å². The summed E-state index contributed by atoms with van der Waals surface area (Å²) in [6.45, 7) is 3.48. The van der Waals surface area contributed by atoms with Gasteiger partial charge in [-0.25, -0.2) is 4.18 Å². The molecule has 6 nitrogen and oxygen atoms in total. The van der Waals surface area contributed by atoms with Gasteiger partial charge in [0.15, 0.2) is 11.9 Å². The Kier molecular flexibility index (Phi) is 4.11. The molecule has 7 heteroatoms. The Hall–Kier alpha value is -1.46. The highest BCUT2D eigenvalue weighted by Crippen LogP contribution is 2.26. The standard InChI is InChI=1S/C13H15NO5S/c1-13(2)17-9-12(18-13)11(8-14)19-20(15,16)10-6-4-3-5-7-10/h3-7,11-12H,9H2,1-2H3/t11?,12-/m1/s1. The van der Waals surface area contributed by atoms with Crippen molar-refractivity contribution in [3.63, 3.8) is 0 Å². The first kappa shape index (κ1) is 14.9. The zero-order chi connectivity index (χ0) is 14.8. The van der Waals surface area contributed by atoms with Crippen LogP contribution < -0.4 is 0 Å². The topological polar surface area (TPSA) is 85.6 Å². The second-order valence-corrected chi connectivity index (χ2v) is 6.35. The molecule has 2 rings (SSSR count). The Labute approximate surface area is 118 Å². The van der Waals surface area contributed by atoms with Crippen molar-refractivity contribution in [2.45, 2.75) is 36.7 Å². The van der Waals surface area contributed by atoms with Crippen LogP contribution in [-0.2, 0) is 23.8 Å². The van der Waals surface area contributed by atoms with E-state index in [9.17, 15) is 8.42 Å². The molecule has 1 aliphatic rings. The van der Waals surface area contributed by atoms with Crippen LogP contribution in [0.25, 0.3) is 0 Å². The Bertz CT molecular complexity index is 605. The van der Waals surface area contributed by atoms with E-state index in [-0.39, 0.29) is 11.5 Å². The molecule has 0 amide bonds. The van der Waals surface area contributed by atoms with Crippen molar-refractivity contribution in [3.05, 3.63) is 30.3 Å². The lowest BCUT2D eigenvalue weighted by molar-refractivity contribution is -0.145. The number of nitriles is 1. The Morgan fingerprint density at radius 2 is 2.05 bits per heavy atom. The van der Waals surface area contributed by atoms with Gasteiger partial charge in [-0.05, 0) is 26.0 Å². The first-order valence-corrected chi connectivity index (χ1v) is 7.45. The number of hydrogen-bond donors (Lipinski definition) is 0. The largest absolute Gasteiger partial charge is 0.348 e.